The summed E-state index contributed by atoms with van der Waals surface area (Å²) in [5.74, 6) is 0.369. The van der Waals surface area contributed by atoms with Gasteiger partial charge in [0, 0.05) is 26.3 Å². The average molecular weight is 237 g/mol. The first kappa shape index (κ1) is 14.7. The van der Waals surface area contributed by atoms with Crippen molar-refractivity contribution in [3.8, 4) is 0 Å². The molecule has 0 radical (unpaired) electrons. The van der Waals surface area contributed by atoms with Gasteiger partial charge >= 0.3 is 0 Å². The largest absolute Gasteiger partial charge is 0.382 e. The molecule has 0 aliphatic carbocycles. The molecule has 0 aromatic rings. The van der Waals surface area contributed by atoms with Crippen LogP contribution in [0.2, 0.25) is 0 Å². The number of rotatable bonds is 6. The highest BCUT2D eigenvalue weighted by Crippen LogP contribution is 2.06. The topological polar surface area (TPSA) is 50.4 Å². The van der Waals surface area contributed by atoms with Crippen molar-refractivity contribution in [2.75, 3.05) is 32.8 Å². The minimum absolute atomic E-state index is 0. The zero-order valence-corrected chi connectivity index (χ0v) is 10.1. The Morgan fingerprint density at radius 2 is 2.40 bits per heavy atom. The number of hydrogen-bond donors (Lipinski definition) is 2. The molecule has 1 rings (SSSR count). The molecule has 0 bridgehead atoms. The van der Waals surface area contributed by atoms with Crippen LogP contribution < -0.4 is 10.6 Å². The van der Waals surface area contributed by atoms with Crippen LogP contribution in [-0.2, 0) is 9.53 Å². The van der Waals surface area contributed by atoms with Gasteiger partial charge in [0.25, 0.3) is 0 Å². The predicted molar refractivity (Wildman–Crippen MR) is 62.3 cm³/mol. The Balaban J connectivity index is 0.00000196. The van der Waals surface area contributed by atoms with E-state index in [0.717, 1.165) is 45.7 Å². The number of amides is 1. The van der Waals surface area contributed by atoms with E-state index in [-0.39, 0.29) is 24.2 Å². The Kier molecular flexibility index (Phi) is 8.76. The maximum atomic E-state index is 11.5. The summed E-state index contributed by atoms with van der Waals surface area (Å²) in [6, 6.07) is 0. The van der Waals surface area contributed by atoms with Gasteiger partial charge in [-0.05, 0) is 26.3 Å². The van der Waals surface area contributed by atoms with Crippen molar-refractivity contribution in [3.63, 3.8) is 0 Å². The molecule has 15 heavy (non-hydrogen) atoms. The minimum atomic E-state index is 0. The second-order valence-corrected chi connectivity index (χ2v) is 3.53. The Hall–Kier alpha value is -0.320. The van der Waals surface area contributed by atoms with Gasteiger partial charge in [0.1, 0.15) is 0 Å². The highest BCUT2D eigenvalue weighted by molar-refractivity contribution is 5.85. The molecule has 1 amide bonds. The highest BCUT2D eigenvalue weighted by Gasteiger charge is 2.21. The van der Waals surface area contributed by atoms with Crippen LogP contribution >= 0.6 is 12.4 Å². The fourth-order valence-corrected chi connectivity index (χ4v) is 1.55. The lowest BCUT2D eigenvalue weighted by Crippen LogP contribution is -2.32. The summed E-state index contributed by atoms with van der Waals surface area (Å²) in [6.07, 6.45) is 1.87. The average Bonchev–Trinajstić information content (AvgIpc) is 2.70. The van der Waals surface area contributed by atoms with Gasteiger partial charge in [-0.15, -0.1) is 12.4 Å². The zero-order valence-electron chi connectivity index (χ0n) is 9.25. The monoisotopic (exact) mass is 236 g/mol. The third-order valence-corrected chi connectivity index (χ3v) is 2.40. The fraction of sp³-hybridized carbons (Fsp3) is 0.900. The highest BCUT2D eigenvalue weighted by atomic mass is 35.5. The normalized spacial score (nSPS) is 19.7. The Morgan fingerprint density at radius 1 is 1.60 bits per heavy atom. The summed E-state index contributed by atoms with van der Waals surface area (Å²) in [7, 11) is 0. The minimum Gasteiger partial charge on any atom is -0.382 e. The number of carbonyl (C=O) groups excluding carboxylic acids is 1. The van der Waals surface area contributed by atoms with Crippen LogP contribution in [0.5, 0.6) is 0 Å². The predicted octanol–water partition coefficient (Wildman–Crippen LogP) is 0.561. The van der Waals surface area contributed by atoms with Crippen LogP contribution in [0.15, 0.2) is 0 Å². The first-order valence-electron chi connectivity index (χ1n) is 5.40. The van der Waals surface area contributed by atoms with E-state index >= 15 is 0 Å². The van der Waals surface area contributed by atoms with E-state index in [1.54, 1.807) is 0 Å². The lowest BCUT2D eigenvalue weighted by atomic mass is 10.1. The summed E-state index contributed by atoms with van der Waals surface area (Å²) in [5, 5.41) is 6.10. The number of halogens is 1. The van der Waals surface area contributed by atoms with E-state index < -0.39 is 0 Å². The Labute approximate surface area is 97.5 Å². The molecular weight excluding hydrogens is 216 g/mol. The van der Waals surface area contributed by atoms with Crippen LogP contribution in [0.1, 0.15) is 19.8 Å². The van der Waals surface area contributed by atoms with E-state index in [1.807, 2.05) is 6.92 Å². The van der Waals surface area contributed by atoms with Gasteiger partial charge in [0.05, 0.1) is 5.92 Å². The Bertz CT molecular complexity index is 173. The molecule has 90 valence electrons. The van der Waals surface area contributed by atoms with Crippen LogP contribution in [0.3, 0.4) is 0 Å². The van der Waals surface area contributed by atoms with Crippen molar-refractivity contribution in [1.29, 1.82) is 0 Å². The smallest absolute Gasteiger partial charge is 0.224 e. The molecule has 1 aliphatic heterocycles. The van der Waals surface area contributed by atoms with Gasteiger partial charge in [-0.2, -0.15) is 0 Å². The van der Waals surface area contributed by atoms with Crippen LogP contribution in [-0.4, -0.2) is 38.8 Å². The van der Waals surface area contributed by atoms with Gasteiger partial charge in [0.15, 0.2) is 0 Å². The van der Waals surface area contributed by atoms with Crippen molar-refractivity contribution in [3.05, 3.63) is 0 Å². The third-order valence-electron chi connectivity index (χ3n) is 2.40. The lowest BCUT2D eigenvalue weighted by Gasteiger charge is -2.09. The van der Waals surface area contributed by atoms with Gasteiger partial charge < -0.3 is 15.4 Å². The number of ether oxygens (including phenoxy) is 1. The summed E-state index contributed by atoms with van der Waals surface area (Å²) in [6.45, 7) is 5.99. The molecule has 0 aromatic heterocycles. The van der Waals surface area contributed by atoms with Gasteiger partial charge in [-0.1, -0.05) is 0 Å². The first-order chi connectivity index (χ1) is 6.84. The van der Waals surface area contributed by atoms with E-state index in [1.165, 1.54) is 0 Å². The SMILES string of the molecule is CCOCCCNC(=O)C1CCNC1.Cl. The molecule has 1 unspecified atom stereocenters. The van der Waals surface area contributed by atoms with E-state index in [9.17, 15) is 4.79 Å². The molecule has 0 spiro atoms. The molecular formula is C10H21ClN2O2. The van der Waals surface area contributed by atoms with Crippen LogP contribution in [0, 0.1) is 5.92 Å². The van der Waals surface area contributed by atoms with Crippen molar-refractivity contribution in [2.24, 2.45) is 5.92 Å². The number of nitrogens with one attached hydrogen (secondary N) is 2. The molecule has 5 heteroatoms. The van der Waals surface area contributed by atoms with Crippen molar-refractivity contribution in [1.82, 2.24) is 10.6 Å². The van der Waals surface area contributed by atoms with Crippen LogP contribution in [0.4, 0.5) is 0 Å². The molecule has 0 saturated carbocycles. The van der Waals surface area contributed by atoms with E-state index in [2.05, 4.69) is 10.6 Å². The Morgan fingerprint density at radius 3 is 3.00 bits per heavy atom. The number of carbonyl (C=O) groups is 1. The molecule has 1 heterocycles. The van der Waals surface area contributed by atoms with Crippen molar-refractivity contribution >= 4 is 18.3 Å². The standard InChI is InChI=1S/C10H20N2O2.ClH/c1-2-14-7-3-5-12-10(13)9-4-6-11-8-9;/h9,11H,2-8H2,1H3,(H,12,13);1H. The van der Waals surface area contributed by atoms with Gasteiger partial charge in [-0.3, -0.25) is 4.79 Å². The van der Waals surface area contributed by atoms with Gasteiger partial charge in [-0.25, -0.2) is 0 Å². The summed E-state index contributed by atoms with van der Waals surface area (Å²) in [5.41, 5.74) is 0. The van der Waals surface area contributed by atoms with Crippen LogP contribution in [0.25, 0.3) is 0 Å². The van der Waals surface area contributed by atoms with E-state index in [4.69, 9.17) is 4.74 Å². The molecule has 4 nitrogen and oxygen atoms in total. The fourth-order valence-electron chi connectivity index (χ4n) is 1.55. The van der Waals surface area contributed by atoms with Gasteiger partial charge in [0.2, 0.25) is 5.91 Å². The molecule has 1 aliphatic rings. The second kappa shape index (κ2) is 8.95. The third kappa shape index (κ3) is 5.97. The van der Waals surface area contributed by atoms with Crippen molar-refractivity contribution < 1.29 is 9.53 Å². The molecule has 1 fully saturated rings. The first-order valence-corrected chi connectivity index (χ1v) is 5.40. The lowest BCUT2D eigenvalue weighted by molar-refractivity contribution is -0.124. The summed E-state index contributed by atoms with van der Waals surface area (Å²) in [4.78, 5) is 11.5. The quantitative estimate of drug-likeness (QED) is 0.663. The molecule has 2 N–H and O–H groups in total. The number of hydrogen-bond acceptors (Lipinski definition) is 3. The summed E-state index contributed by atoms with van der Waals surface area (Å²) >= 11 is 0. The maximum Gasteiger partial charge on any atom is 0.224 e. The molecule has 1 atom stereocenters. The maximum absolute atomic E-state index is 11.5. The molecule has 1 saturated heterocycles. The van der Waals surface area contributed by atoms with Crippen molar-refractivity contribution in [2.45, 2.75) is 19.8 Å². The summed E-state index contributed by atoms with van der Waals surface area (Å²) < 4.78 is 5.18. The zero-order chi connectivity index (χ0) is 10.2. The molecule has 0 aromatic carbocycles. The van der Waals surface area contributed by atoms with E-state index in [0.29, 0.717) is 0 Å². The second-order valence-electron chi connectivity index (χ2n) is 3.53.